The predicted molar refractivity (Wildman–Crippen MR) is 91.3 cm³/mol. The van der Waals surface area contributed by atoms with Crippen LogP contribution in [0.15, 0.2) is 6.20 Å². The lowest BCUT2D eigenvalue weighted by Crippen LogP contribution is -2.32. The molecule has 1 atom stereocenters. The van der Waals surface area contributed by atoms with Crippen LogP contribution >= 0.6 is 0 Å². The first-order chi connectivity index (χ1) is 11.4. The fraction of sp³-hybridized carbons (Fsp3) is 0.778. The van der Waals surface area contributed by atoms with Crippen molar-refractivity contribution in [1.82, 2.24) is 15.1 Å². The second-order valence-electron chi connectivity index (χ2n) is 7.80. The summed E-state index contributed by atoms with van der Waals surface area (Å²) in [5, 5.41) is 8.24. The summed E-state index contributed by atoms with van der Waals surface area (Å²) >= 11 is 0. The number of aromatic nitrogens is 2. The molecule has 2 fully saturated rings. The molecule has 0 aliphatic carbocycles. The molecule has 134 valence electrons. The van der Waals surface area contributed by atoms with Gasteiger partial charge in [-0.15, -0.1) is 0 Å². The molecule has 0 amide bonds. The average molecular weight is 335 g/mol. The lowest BCUT2D eigenvalue weighted by atomic mass is 9.94. The molecule has 1 aromatic heterocycles. The van der Waals surface area contributed by atoms with E-state index in [-0.39, 0.29) is 11.9 Å². The number of nitrogens with one attached hydrogen (secondary N) is 1. The number of hydrogen-bond acceptors (Lipinski definition) is 5. The minimum Gasteiger partial charge on any atom is -0.456 e. The lowest BCUT2D eigenvalue weighted by molar-refractivity contribution is 0.00658. The molecule has 6 nitrogen and oxygen atoms in total. The van der Waals surface area contributed by atoms with Crippen molar-refractivity contribution in [2.24, 2.45) is 0 Å². The van der Waals surface area contributed by atoms with Crippen LogP contribution in [0.1, 0.15) is 74.5 Å². The summed E-state index contributed by atoms with van der Waals surface area (Å²) in [6.07, 6.45) is 5.95. The van der Waals surface area contributed by atoms with Crippen LogP contribution in [0.2, 0.25) is 0 Å². The first-order valence-corrected chi connectivity index (χ1v) is 9.05. The predicted octanol–water partition coefficient (Wildman–Crippen LogP) is 2.66. The summed E-state index contributed by atoms with van der Waals surface area (Å²) in [6, 6.07) is 0.313. The number of rotatable bonds is 3. The third-order valence-corrected chi connectivity index (χ3v) is 4.63. The van der Waals surface area contributed by atoms with Crippen LogP contribution in [-0.4, -0.2) is 47.7 Å². The Hall–Kier alpha value is -1.40. The van der Waals surface area contributed by atoms with E-state index in [1.807, 2.05) is 31.6 Å². The molecule has 1 N–H and O–H groups in total. The Balaban J connectivity index is 1.88. The van der Waals surface area contributed by atoms with Gasteiger partial charge in [0.1, 0.15) is 11.2 Å². The quantitative estimate of drug-likeness (QED) is 0.860. The minimum absolute atomic E-state index is 0.265. The molecular formula is C18H29N3O3. The van der Waals surface area contributed by atoms with Gasteiger partial charge in [0.2, 0.25) is 0 Å². The summed E-state index contributed by atoms with van der Waals surface area (Å²) in [5.74, 6) is 0.0121. The standard InChI is InChI=1S/C18H29N3O3/c1-18(2,3)24-17(22)15-12-21(14-5-4-8-19-11-14)20-16(15)13-6-9-23-10-7-13/h12-14,19H,4-11H2,1-3H3/t14-/m1/s1. The molecule has 1 aromatic rings. The summed E-state index contributed by atoms with van der Waals surface area (Å²) < 4.78 is 13.1. The Morgan fingerprint density at radius 1 is 1.33 bits per heavy atom. The molecule has 3 rings (SSSR count). The smallest absolute Gasteiger partial charge is 0.342 e. The van der Waals surface area contributed by atoms with E-state index in [0.29, 0.717) is 11.6 Å². The molecule has 0 aromatic carbocycles. The van der Waals surface area contributed by atoms with Crippen molar-refractivity contribution >= 4 is 5.97 Å². The van der Waals surface area contributed by atoms with E-state index in [1.54, 1.807) is 0 Å². The Kier molecular flexibility index (Phi) is 5.25. The SMILES string of the molecule is CC(C)(C)OC(=O)c1cn([C@@H]2CCCNC2)nc1C1CCOCC1. The molecule has 2 saturated heterocycles. The Morgan fingerprint density at radius 3 is 2.71 bits per heavy atom. The first kappa shape index (κ1) is 17.4. The summed E-state index contributed by atoms with van der Waals surface area (Å²) in [4.78, 5) is 12.7. The zero-order chi connectivity index (χ0) is 17.2. The largest absolute Gasteiger partial charge is 0.456 e. The number of hydrogen-bond donors (Lipinski definition) is 1. The van der Waals surface area contributed by atoms with Gasteiger partial charge in [-0.25, -0.2) is 4.79 Å². The Morgan fingerprint density at radius 2 is 2.08 bits per heavy atom. The van der Waals surface area contributed by atoms with Gasteiger partial charge in [-0.1, -0.05) is 0 Å². The van der Waals surface area contributed by atoms with Gasteiger partial charge in [-0.05, 0) is 53.0 Å². The van der Waals surface area contributed by atoms with E-state index in [0.717, 1.165) is 57.7 Å². The highest BCUT2D eigenvalue weighted by atomic mass is 16.6. The van der Waals surface area contributed by atoms with E-state index < -0.39 is 5.60 Å². The number of carbonyl (C=O) groups excluding carboxylic acids is 1. The van der Waals surface area contributed by atoms with Crippen molar-refractivity contribution in [3.05, 3.63) is 17.5 Å². The fourth-order valence-corrected chi connectivity index (χ4v) is 3.41. The van der Waals surface area contributed by atoms with Gasteiger partial charge >= 0.3 is 5.97 Å². The number of carbonyl (C=O) groups is 1. The van der Waals surface area contributed by atoms with Crippen molar-refractivity contribution in [3.63, 3.8) is 0 Å². The minimum atomic E-state index is -0.501. The second-order valence-corrected chi connectivity index (χ2v) is 7.80. The molecule has 0 spiro atoms. The maximum absolute atomic E-state index is 12.7. The van der Waals surface area contributed by atoms with Crippen molar-refractivity contribution in [2.75, 3.05) is 26.3 Å². The van der Waals surface area contributed by atoms with Gasteiger partial charge < -0.3 is 14.8 Å². The van der Waals surface area contributed by atoms with Gasteiger partial charge in [0.05, 0.1) is 11.7 Å². The van der Waals surface area contributed by atoms with Gasteiger partial charge in [0.25, 0.3) is 0 Å². The van der Waals surface area contributed by atoms with Gasteiger partial charge in [0.15, 0.2) is 0 Å². The van der Waals surface area contributed by atoms with Crippen LogP contribution in [0.5, 0.6) is 0 Å². The van der Waals surface area contributed by atoms with Gasteiger partial charge in [-0.3, -0.25) is 4.68 Å². The summed E-state index contributed by atoms with van der Waals surface area (Å²) in [7, 11) is 0. The fourth-order valence-electron chi connectivity index (χ4n) is 3.41. The van der Waals surface area contributed by atoms with Crippen molar-refractivity contribution in [3.8, 4) is 0 Å². The molecule has 2 aliphatic heterocycles. The first-order valence-electron chi connectivity index (χ1n) is 9.05. The maximum Gasteiger partial charge on any atom is 0.342 e. The third kappa shape index (κ3) is 4.16. The highest BCUT2D eigenvalue weighted by molar-refractivity contribution is 5.91. The molecule has 3 heterocycles. The number of piperidine rings is 1. The van der Waals surface area contributed by atoms with E-state index in [1.165, 1.54) is 0 Å². The molecular weight excluding hydrogens is 306 g/mol. The van der Waals surface area contributed by atoms with Crippen LogP contribution in [0.4, 0.5) is 0 Å². The topological polar surface area (TPSA) is 65.4 Å². The lowest BCUT2D eigenvalue weighted by Gasteiger charge is -2.24. The van der Waals surface area contributed by atoms with Gasteiger partial charge in [-0.2, -0.15) is 5.10 Å². The Bertz CT molecular complexity index is 565. The van der Waals surface area contributed by atoms with E-state index in [2.05, 4.69) is 5.32 Å². The molecule has 0 bridgehead atoms. The van der Waals surface area contributed by atoms with E-state index >= 15 is 0 Å². The highest BCUT2D eigenvalue weighted by Gasteiger charge is 2.30. The van der Waals surface area contributed by atoms with Gasteiger partial charge in [0, 0.05) is 31.9 Å². The highest BCUT2D eigenvalue weighted by Crippen LogP contribution is 2.31. The molecule has 24 heavy (non-hydrogen) atoms. The zero-order valence-corrected chi connectivity index (χ0v) is 15.0. The van der Waals surface area contributed by atoms with E-state index in [9.17, 15) is 4.79 Å². The third-order valence-electron chi connectivity index (χ3n) is 4.63. The second kappa shape index (κ2) is 7.23. The zero-order valence-electron chi connectivity index (χ0n) is 15.0. The molecule has 0 unspecified atom stereocenters. The normalized spacial score (nSPS) is 23.2. The van der Waals surface area contributed by atoms with E-state index in [4.69, 9.17) is 14.6 Å². The number of esters is 1. The molecule has 6 heteroatoms. The average Bonchev–Trinajstić information content (AvgIpc) is 3.00. The summed E-state index contributed by atoms with van der Waals surface area (Å²) in [6.45, 7) is 9.12. The van der Waals surface area contributed by atoms with Crippen molar-refractivity contribution < 1.29 is 14.3 Å². The van der Waals surface area contributed by atoms with Crippen LogP contribution < -0.4 is 5.32 Å². The van der Waals surface area contributed by atoms with Crippen LogP contribution in [0.25, 0.3) is 0 Å². The van der Waals surface area contributed by atoms with Crippen molar-refractivity contribution in [2.45, 2.75) is 64.0 Å². The summed E-state index contributed by atoms with van der Waals surface area (Å²) in [5.41, 5.74) is 1.01. The molecule has 0 saturated carbocycles. The monoisotopic (exact) mass is 335 g/mol. The molecule has 0 radical (unpaired) electrons. The van der Waals surface area contributed by atoms with Crippen LogP contribution in [-0.2, 0) is 9.47 Å². The molecule has 2 aliphatic rings. The maximum atomic E-state index is 12.7. The van der Waals surface area contributed by atoms with Crippen molar-refractivity contribution in [1.29, 1.82) is 0 Å². The van der Waals surface area contributed by atoms with Crippen LogP contribution in [0, 0.1) is 0 Å². The number of nitrogens with zero attached hydrogens (tertiary/aromatic N) is 2. The number of ether oxygens (including phenoxy) is 2. The van der Waals surface area contributed by atoms with Crippen LogP contribution in [0.3, 0.4) is 0 Å². The Labute approximate surface area is 143 Å².